The maximum atomic E-state index is 12.4. The minimum absolute atomic E-state index is 0.132. The molecule has 1 aromatic heterocycles. The molecule has 0 radical (unpaired) electrons. The summed E-state index contributed by atoms with van der Waals surface area (Å²) in [6.07, 6.45) is 1.55. The Hall–Kier alpha value is -3.43. The molecule has 33 heavy (non-hydrogen) atoms. The number of nitrogens with zero attached hydrogens (tertiary/aromatic N) is 4. The quantitative estimate of drug-likeness (QED) is 0.201. The molecule has 4 aromatic rings. The summed E-state index contributed by atoms with van der Waals surface area (Å²) in [4.78, 5) is 12.4. The molecule has 1 amide bonds. The Kier molecular flexibility index (Phi) is 7.54. The summed E-state index contributed by atoms with van der Waals surface area (Å²) in [5.74, 6) is 1.25. The van der Waals surface area contributed by atoms with E-state index in [1.54, 1.807) is 13.3 Å². The van der Waals surface area contributed by atoms with Crippen molar-refractivity contribution in [3.63, 3.8) is 0 Å². The molecule has 0 fully saturated rings. The van der Waals surface area contributed by atoms with Crippen LogP contribution in [-0.2, 0) is 4.79 Å². The molecule has 3 aromatic carbocycles. The maximum Gasteiger partial charge on any atom is 0.250 e. The Balaban J connectivity index is 1.48. The Labute approximate surface area is 204 Å². The molecule has 0 aliphatic carbocycles. The summed E-state index contributed by atoms with van der Waals surface area (Å²) in [7, 11) is 1.59. The van der Waals surface area contributed by atoms with E-state index < -0.39 is 0 Å². The summed E-state index contributed by atoms with van der Waals surface area (Å²) in [5.41, 5.74) is 5.16. The molecule has 0 atom stereocenters. The van der Waals surface area contributed by atoms with Crippen molar-refractivity contribution in [2.75, 3.05) is 12.9 Å². The topological polar surface area (TPSA) is 81.4 Å². The molecule has 0 unspecified atom stereocenters. The summed E-state index contributed by atoms with van der Waals surface area (Å²) in [5, 5.41) is 13.4. The lowest BCUT2D eigenvalue weighted by molar-refractivity contribution is -0.118. The third kappa shape index (κ3) is 5.68. The number of rotatable bonds is 8. The van der Waals surface area contributed by atoms with Gasteiger partial charge >= 0.3 is 0 Å². The van der Waals surface area contributed by atoms with Crippen molar-refractivity contribution in [2.45, 2.75) is 5.16 Å². The molecule has 0 saturated heterocycles. The fourth-order valence-electron chi connectivity index (χ4n) is 3.09. The second-order valence-electron chi connectivity index (χ2n) is 6.81. The van der Waals surface area contributed by atoms with E-state index in [-0.39, 0.29) is 11.7 Å². The molecule has 7 nitrogen and oxygen atoms in total. The zero-order valence-corrected chi connectivity index (χ0v) is 20.1. The molecule has 1 heterocycles. The minimum Gasteiger partial charge on any atom is -0.496 e. The van der Waals surface area contributed by atoms with E-state index in [9.17, 15) is 4.79 Å². The van der Waals surface area contributed by atoms with Gasteiger partial charge in [-0.05, 0) is 30.3 Å². The number of nitrogens with one attached hydrogen (secondary N) is 1. The zero-order valence-electron chi connectivity index (χ0n) is 17.7. The largest absolute Gasteiger partial charge is 0.496 e. The van der Waals surface area contributed by atoms with Gasteiger partial charge in [0.2, 0.25) is 0 Å². The van der Waals surface area contributed by atoms with Crippen LogP contribution in [0, 0.1) is 0 Å². The number of ether oxygens (including phenoxy) is 1. The highest BCUT2D eigenvalue weighted by Crippen LogP contribution is 2.27. The van der Waals surface area contributed by atoms with E-state index in [1.165, 1.54) is 11.8 Å². The van der Waals surface area contributed by atoms with Crippen LogP contribution in [0.15, 0.2) is 93.6 Å². The third-order valence-electron chi connectivity index (χ3n) is 4.60. The van der Waals surface area contributed by atoms with Crippen LogP contribution in [0.2, 0.25) is 0 Å². The van der Waals surface area contributed by atoms with Gasteiger partial charge in [0.05, 0.1) is 19.1 Å². The van der Waals surface area contributed by atoms with Gasteiger partial charge in [-0.25, -0.2) is 5.43 Å². The van der Waals surface area contributed by atoms with E-state index in [0.717, 1.165) is 21.3 Å². The highest BCUT2D eigenvalue weighted by atomic mass is 79.9. The number of amides is 1. The van der Waals surface area contributed by atoms with E-state index in [2.05, 4.69) is 36.7 Å². The fourth-order valence-corrected chi connectivity index (χ4v) is 4.21. The first-order valence-corrected chi connectivity index (χ1v) is 11.8. The first-order chi connectivity index (χ1) is 16.2. The molecular formula is C24H20BrN5O2S. The summed E-state index contributed by atoms with van der Waals surface area (Å²) in [6, 6.07) is 25.2. The lowest BCUT2D eigenvalue weighted by atomic mass is 10.2. The highest BCUT2D eigenvalue weighted by Gasteiger charge is 2.17. The van der Waals surface area contributed by atoms with Crippen LogP contribution in [0.5, 0.6) is 5.75 Å². The number of para-hydroxylation sites is 1. The standard InChI is InChI=1S/C24H20BrN5O2S/c1-32-21-13-12-19(25)14-18(21)15-26-27-22(31)16-33-24-29-28-23(17-8-4-2-5-9-17)30(24)20-10-6-3-7-11-20/h2-15H,16H2,1H3,(H,27,31). The normalized spacial score (nSPS) is 11.0. The number of carbonyl (C=O) groups is 1. The first-order valence-electron chi connectivity index (χ1n) is 10.00. The number of aromatic nitrogens is 3. The van der Waals surface area contributed by atoms with Gasteiger partial charge in [0, 0.05) is 21.3 Å². The van der Waals surface area contributed by atoms with Crippen molar-refractivity contribution in [3.8, 4) is 22.8 Å². The van der Waals surface area contributed by atoms with E-state index >= 15 is 0 Å². The molecule has 0 spiro atoms. The Morgan fingerprint density at radius 1 is 1.09 bits per heavy atom. The van der Waals surface area contributed by atoms with Crippen molar-refractivity contribution >= 4 is 39.8 Å². The number of benzene rings is 3. The minimum atomic E-state index is -0.255. The van der Waals surface area contributed by atoms with Crippen LogP contribution in [0.25, 0.3) is 17.1 Å². The predicted molar refractivity (Wildman–Crippen MR) is 134 cm³/mol. The lowest BCUT2D eigenvalue weighted by Crippen LogP contribution is -2.20. The van der Waals surface area contributed by atoms with Gasteiger partial charge in [-0.1, -0.05) is 76.2 Å². The Morgan fingerprint density at radius 3 is 2.55 bits per heavy atom. The maximum absolute atomic E-state index is 12.4. The first kappa shape index (κ1) is 22.8. The van der Waals surface area contributed by atoms with Crippen molar-refractivity contribution in [2.24, 2.45) is 5.10 Å². The van der Waals surface area contributed by atoms with Crippen LogP contribution in [0.1, 0.15) is 5.56 Å². The number of hydrogen-bond acceptors (Lipinski definition) is 6. The van der Waals surface area contributed by atoms with Gasteiger partial charge in [0.25, 0.3) is 5.91 Å². The van der Waals surface area contributed by atoms with Gasteiger partial charge in [-0.2, -0.15) is 5.10 Å². The van der Waals surface area contributed by atoms with Crippen LogP contribution in [-0.4, -0.2) is 39.7 Å². The average molecular weight is 522 g/mol. The number of methoxy groups -OCH3 is 1. The second kappa shape index (κ2) is 10.9. The summed E-state index contributed by atoms with van der Waals surface area (Å²) in [6.45, 7) is 0. The van der Waals surface area contributed by atoms with Crippen molar-refractivity contribution in [1.82, 2.24) is 20.2 Å². The molecule has 0 aliphatic rings. The molecule has 1 N–H and O–H groups in total. The van der Waals surface area contributed by atoms with Crippen molar-refractivity contribution < 1.29 is 9.53 Å². The van der Waals surface area contributed by atoms with Crippen LogP contribution < -0.4 is 10.2 Å². The second-order valence-corrected chi connectivity index (χ2v) is 8.67. The molecule has 0 bridgehead atoms. The SMILES string of the molecule is COc1ccc(Br)cc1C=NNC(=O)CSc1nnc(-c2ccccc2)n1-c1ccccc1. The molecule has 4 rings (SSSR count). The van der Waals surface area contributed by atoms with E-state index in [0.29, 0.717) is 16.7 Å². The third-order valence-corrected chi connectivity index (χ3v) is 6.02. The van der Waals surface area contributed by atoms with Crippen LogP contribution in [0.4, 0.5) is 0 Å². The molecule has 9 heteroatoms. The summed E-state index contributed by atoms with van der Waals surface area (Å²) < 4.78 is 8.15. The Morgan fingerprint density at radius 2 is 1.82 bits per heavy atom. The number of carbonyl (C=O) groups excluding carboxylic acids is 1. The van der Waals surface area contributed by atoms with Gasteiger partial charge in [0.1, 0.15) is 5.75 Å². The van der Waals surface area contributed by atoms with Gasteiger partial charge in [-0.3, -0.25) is 9.36 Å². The number of thioether (sulfide) groups is 1. The summed E-state index contributed by atoms with van der Waals surface area (Å²) >= 11 is 4.71. The highest BCUT2D eigenvalue weighted by molar-refractivity contribution is 9.10. The Bertz CT molecular complexity index is 1260. The van der Waals surface area contributed by atoms with Gasteiger partial charge < -0.3 is 4.74 Å². The number of hydrazone groups is 1. The lowest BCUT2D eigenvalue weighted by Gasteiger charge is -2.10. The van der Waals surface area contributed by atoms with Crippen LogP contribution >= 0.6 is 27.7 Å². The monoisotopic (exact) mass is 521 g/mol. The van der Waals surface area contributed by atoms with E-state index in [4.69, 9.17) is 4.74 Å². The van der Waals surface area contributed by atoms with Gasteiger partial charge in [-0.15, -0.1) is 10.2 Å². The van der Waals surface area contributed by atoms with Crippen LogP contribution in [0.3, 0.4) is 0 Å². The fraction of sp³-hybridized carbons (Fsp3) is 0.0833. The molecule has 166 valence electrons. The number of halogens is 1. The molecule has 0 saturated carbocycles. The van der Waals surface area contributed by atoms with Crippen molar-refractivity contribution in [1.29, 1.82) is 0 Å². The average Bonchev–Trinajstić information content (AvgIpc) is 3.28. The van der Waals surface area contributed by atoms with E-state index in [1.807, 2.05) is 83.4 Å². The molecule has 0 aliphatic heterocycles. The zero-order chi connectivity index (χ0) is 23.0. The number of hydrogen-bond donors (Lipinski definition) is 1. The predicted octanol–water partition coefficient (Wildman–Crippen LogP) is 4.95. The molecular weight excluding hydrogens is 502 g/mol. The van der Waals surface area contributed by atoms with Gasteiger partial charge in [0.15, 0.2) is 11.0 Å². The smallest absolute Gasteiger partial charge is 0.250 e. The van der Waals surface area contributed by atoms with Crippen molar-refractivity contribution in [3.05, 3.63) is 88.9 Å².